The molecule has 2 rings (SSSR count). The van der Waals surface area contributed by atoms with Crippen LogP contribution in [0.2, 0.25) is 0 Å². The maximum Gasteiger partial charge on any atom is 0.171 e. The van der Waals surface area contributed by atoms with Crippen molar-refractivity contribution in [3.05, 3.63) is 29.8 Å². The normalized spacial score (nSPS) is 20.2. The van der Waals surface area contributed by atoms with Gasteiger partial charge in [0.15, 0.2) is 5.75 Å². The lowest BCUT2D eigenvalue weighted by molar-refractivity contribution is -0.226. The molecule has 1 heterocycles. The molecular formula is C9H10O3. The van der Waals surface area contributed by atoms with Gasteiger partial charge in [0.05, 0.1) is 0 Å². The SMILES string of the molecule is OCCC1OOc2ccccc21. The number of aliphatic hydroxyl groups is 1. The molecule has 1 aliphatic heterocycles. The van der Waals surface area contributed by atoms with Crippen LogP contribution in [0.3, 0.4) is 0 Å². The van der Waals surface area contributed by atoms with Crippen LogP contribution >= 0.6 is 0 Å². The molecule has 0 amide bonds. The molecule has 0 saturated heterocycles. The first-order valence-electron chi connectivity index (χ1n) is 3.95. The van der Waals surface area contributed by atoms with Crippen LogP contribution in [0.4, 0.5) is 0 Å². The quantitative estimate of drug-likeness (QED) is 0.675. The van der Waals surface area contributed by atoms with Crippen molar-refractivity contribution >= 4 is 0 Å². The highest BCUT2D eigenvalue weighted by Crippen LogP contribution is 2.36. The Morgan fingerprint density at radius 3 is 3.00 bits per heavy atom. The molecule has 0 radical (unpaired) electrons. The van der Waals surface area contributed by atoms with Crippen LogP contribution in [-0.2, 0) is 4.89 Å². The van der Waals surface area contributed by atoms with E-state index in [1.54, 1.807) is 0 Å². The Kier molecular flexibility index (Phi) is 1.98. The van der Waals surface area contributed by atoms with E-state index in [1.165, 1.54) is 0 Å². The number of hydrogen-bond donors (Lipinski definition) is 1. The van der Waals surface area contributed by atoms with Gasteiger partial charge in [0.25, 0.3) is 0 Å². The molecule has 1 aromatic rings. The zero-order valence-electron chi connectivity index (χ0n) is 6.56. The van der Waals surface area contributed by atoms with Gasteiger partial charge in [-0.2, -0.15) is 4.89 Å². The fourth-order valence-electron chi connectivity index (χ4n) is 1.31. The van der Waals surface area contributed by atoms with Gasteiger partial charge in [0.2, 0.25) is 0 Å². The van der Waals surface area contributed by atoms with Crippen LogP contribution in [0, 0.1) is 0 Å². The van der Waals surface area contributed by atoms with Crippen molar-refractivity contribution in [3.8, 4) is 5.75 Å². The highest BCUT2D eigenvalue weighted by molar-refractivity contribution is 5.36. The highest BCUT2D eigenvalue weighted by Gasteiger charge is 2.24. The average Bonchev–Trinajstić information content (AvgIpc) is 2.50. The summed E-state index contributed by atoms with van der Waals surface area (Å²) in [6.07, 6.45) is 0.475. The van der Waals surface area contributed by atoms with Gasteiger partial charge in [-0.3, -0.25) is 0 Å². The van der Waals surface area contributed by atoms with E-state index in [0.29, 0.717) is 6.42 Å². The summed E-state index contributed by atoms with van der Waals surface area (Å²) in [5, 5.41) is 8.72. The van der Waals surface area contributed by atoms with Crippen LogP contribution in [-0.4, -0.2) is 11.7 Å². The molecule has 1 N–H and O–H groups in total. The molecule has 3 heteroatoms. The molecule has 0 fully saturated rings. The van der Waals surface area contributed by atoms with E-state index in [2.05, 4.69) is 0 Å². The van der Waals surface area contributed by atoms with E-state index in [9.17, 15) is 0 Å². The van der Waals surface area contributed by atoms with Crippen molar-refractivity contribution in [3.63, 3.8) is 0 Å². The van der Waals surface area contributed by atoms with Crippen molar-refractivity contribution < 1.29 is 14.9 Å². The molecule has 0 bridgehead atoms. The number of fused-ring (bicyclic) bond motifs is 1. The molecular weight excluding hydrogens is 156 g/mol. The predicted octanol–water partition coefficient (Wildman–Crippen LogP) is 1.43. The van der Waals surface area contributed by atoms with E-state index in [1.807, 2.05) is 24.3 Å². The molecule has 0 spiro atoms. The smallest absolute Gasteiger partial charge is 0.171 e. The first kappa shape index (κ1) is 7.58. The van der Waals surface area contributed by atoms with Crippen LogP contribution in [0.1, 0.15) is 18.1 Å². The maximum absolute atomic E-state index is 8.72. The Labute approximate surface area is 70.5 Å². The minimum Gasteiger partial charge on any atom is -0.396 e. The molecule has 3 nitrogen and oxygen atoms in total. The van der Waals surface area contributed by atoms with Gasteiger partial charge in [-0.05, 0) is 6.07 Å². The lowest BCUT2D eigenvalue weighted by atomic mass is 10.1. The summed E-state index contributed by atoms with van der Waals surface area (Å²) in [6, 6.07) is 7.63. The van der Waals surface area contributed by atoms with E-state index in [4.69, 9.17) is 14.9 Å². The third-order valence-corrected chi connectivity index (χ3v) is 1.91. The second-order valence-electron chi connectivity index (χ2n) is 2.72. The van der Waals surface area contributed by atoms with Gasteiger partial charge in [0.1, 0.15) is 6.10 Å². The van der Waals surface area contributed by atoms with Gasteiger partial charge < -0.3 is 9.99 Å². The molecule has 12 heavy (non-hydrogen) atoms. The summed E-state index contributed by atoms with van der Waals surface area (Å²) in [4.78, 5) is 9.96. The molecule has 1 aromatic carbocycles. The van der Waals surface area contributed by atoms with E-state index < -0.39 is 0 Å². The van der Waals surface area contributed by atoms with Gasteiger partial charge in [-0.15, -0.1) is 0 Å². The van der Waals surface area contributed by atoms with Gasteiger partial charge >= 0.3 is 0 Å². The van der Waals surface area contributed by atoms with Gasteiger partial charge in [-0.1, -0.05) is 18.2 Å². The molecule has 0 saturated carbocycles. The number of benzene rings is 1. The molecule has 1 aliphatic rings. The van der Waals surface area contributed by atoms with Crippen molar-refractivity contribution in [2.45, 2.75) is 12.5 Å². The first-order chi connectivity index (χ1) is 5.92. The molecule has 64 valence electrons. The van der Waals surface area contributed by atoms with Crippen molar-refractivity contribution in [2.24, 2.45) is 0 Å². The van der Waals surface area contributed by atoms with Crippen LogP contribution in [0.15, 0.2) is 24.3 Å². The van der Waals surface area contributed by atoms with Crippen molar-refractivity contribution in [1.29, 1.82) is 0 Å². The van der Waals surface area contributed by atoms with E-state index in [0.717, 1.165) is 11.3 Å². The minimum atomic E-state index is -0.105. The lowest BCUT2D eigenvalue weighted by Crippen LogP contribution is -1.99. The lowest BCUT2D eigenvalue weighted by Gasteiger charge is -2.03. The third kappa shape index (κ3) is 1.17. The standard InChI is InChI=1S/C9H10O3/c10-6-5-9-7-3-1-2-4-8(7)11-12-9/h1-4,9-10H,5-6H2. The summed E-state index contributed by atoms with van der Waals surface area (Å²) >= 11 is 0. The Morgan fingerprint density at radius 2 is 2.17 bits per heavy atom. The molecule has 1 unspecified atom stereocenters. The summed E-state index contributed by atoms with van der Waals surface area (Å²) in [5.74, 6) is 0.760. The van der Waals surface area contributed by atoms with Crippen LogP contribution in [0.25, 0.3) is 0 Å². The zero-order chi connectivity index (χ0) is 8.39. The zero-order valence-corrected chi connectivity index (χ0v) is 6.56. The minimum absolute atomic E-state index is 0.105. The Morgan fingerprint density at radius 1 is 1.33 bits per heavy atom. The number of hydrogen-bond acceptors (Lipinski definition) is 3. The number of aliphatic hydroxyl groups excluding tert-OH is 1. The topological polar surface area (TPSA) is 38.7 Å². The average molecular weight is 166 g/mol. The molecule has 0 aliphatic carbocycles. The monoisotopic (exact) mass is 166 g/mol. The van der Waals surface area contributed by atoms with Crippen molar-refractivity contribution in [2.75, 3.05) is 6.61 Å². The predicted molar refractivity (Wildman–Crippen MR) is 42.6 cm³/mol. The summed E-state index contributed by atoms with van der Waals surface area (Å²) in [7, 11) is 0. The van der Waals surface area contributed by atoms with Crippen molar-refractivity contribution in [1.82, 2.24) is 0 Å². The summed E-state index contributed by atoms with van der Waals surface area (Å²) in [6.45, 7) is 0.113. The van der Waals surface area contributed by atoms with Gasteiger partial charge in [-0.25, -0.2) is 0 Å². The Balaban J connectivity index is 2.24. The van der Waals surface area contributed by atoms with Gasteiger partial charge in [0, 0.05) is 18.6 Å². The second-order valence-corrected chi connectivity index (χ2v) is 2.72. The summed E-state index contributed by atoms with van der Waals surface area (Å²) < 4.78 is 0. The highest BCUT2D eigenvalue weighted by atomic mass is 17.2. The third-order valence-electron chi connectivity index (χ3n) is 1.91. The van der Waals surface area contributed by atoms with Crippen LogP contribution in [0.5, 0.6) is 5.75 Å². The fraction of sp³-hybridized carbons (Fsp3) is 0.333. The largest absolute Gasteiger partial charge is 0.396 e. The Bertz CT molecular complexity index is 270. The first-order valence-corrected chi connectivity index (χ1v) is 3.95. The summed E-state index contributed by atoms with van der Waals surface area (Å²) in [5.41, 5.74) is 1.02. The maximum atomic E-state index is 8.72. The van der Waals surface area contributed by atoms with Crippen LogP contribution < -0.4 is 4.89 Å². The number of para-hydroxylation sites is 1. The van der Waals surface area contributed by atoms with E-state index in [-0.39, 0.29) is 12.7 Å². The second kappa shape index (κ2) is 3.13. The fourth-order valence-corrected chi connectivity index (χ4v) is 1.31. The molecule has 1 atom stereocenters. The molecule has 0 aromatic heterocycles. The van der Waals surface area contributed by atoms with E-state index >= 15 is 0 Å². The Hall–Kier alpha value is -1.06. The number of rotatable bonds is 2.